The lowest BCUT2D eigenvalue weighted by Gasteiger charge is -2.30. The van der Waals surface area contributed by atoms with Crippen LogP contribution in [0.1, 0.15) is 32.3 Å². The number of nitrogens with one attached hydrogen (secondary N) is 1. The van der Waals surface area contributed by atoms with Gasteiger partial charge in [-0.15, -0.1) is 0 Å². The van der Waals surface area contributed by atoms with Gasteiger partial charge in [-0.1, -0.05) is 42.0 Å². The molecule has 1 aliphatic rings. The predicted octanol–water partition coefficient (Wildman–Crippen LogP) is 3.18. The normalized spacial score (nSPS) is 21.2. The van der Waals surface area contributed by atoms with E-state index < -0.39 is 0 Å². The van der Waals surface area contributed by atoms with Crippen molar-refractivity contribution in [1.29, 1.82) is 0 Å². The number of ether oxygens (including phenoxy) is 1. The highest BCUT2D eigenvalue weighted by atomic mass is 16.5. The van der Waals surface area contributed by atoms with Gasteiger partial charge in [0.1, 0.15) is 0 Å². The SMILES string of the molecule is COC[C@H]1CCCN1C(C)CNCC(C)=Cc1ccccc1. The zero-order valence-electron chi connectivity index (χ0n) is 14.2. The van der Waals surface area contributed by atoms with Crippen molar-refractivity contribution in [1.82, 2.24) is 10.2 Å². The van der Waals surface area contributed by atoms with Crippen LogP contribution in [0.2, 0.25) is 0 Å². The van der Waals surface area contributed by atoms with Crippen molar-refractivity contribution < 1.29 is 4.74 Å². The molecular weight excluding hydrogens is 272 g/mol. The molecule has 2 rings (SSSR count). The number of benzene rings is 1. The van der Waals surface area contributed by atoms with Crippen LogP contribution in [0.15, 0.2) is 35.9 Å². The Labute approximate surface area is 135 Å². The Morgan fingerprint density at radius 1 is 1.41 bits per heavy atom. The summed E-state index contributed by atoms with van der Waals surface area (Å²) in [7, 11) is 1.80. The Morgan fingerprint density at radius 3 is 2.91 bits per heavy atom. The first-order valence-electron chi connectivity index (χ1n) is 8.38. The maximum absolute atomic E-state index is 5.34. The van der Waals surface area contributed by atoms with Crippen molar-refractivity contribution in [2.45, 2.75) is 38.8 Å². The van der Waals surface area contributed by atoms with Crippen LogP contribution in [0.4, 0.5) is 0 Å². The first-order valence-corrected chi connectivity index (χ1v) is 8.38. The molecule has 2 atom stereocenters. The summed E-state index contributed by atoms with van der Waals surface area (Å²) in [6.45, 7) is 8.54. The monoisotopic (exact) mass is 302 g/mol. The molecule has 0 amide bonds. The fraction of sp³-hybridized carbons (Fsp3) is 0.579. The molecule has 0 aromatic heterocycles. The highest BCUT2D eigenvalue weighted by molar-refractivity contribution is 5.52. The molecule has 3 nitrogen and oxygen atoms in total. The molecule has 1 aromatic rings. The molecule has 3 heteroatoms. The van der Waals surface area contributed by atoms with Crippen LogP contribution in [0, 0.1) is 0 Å². The average Bonchev–Trinajstić information content (AvgIpc) is 2.97. The third-order valence-electron chi connectivity index (χ3n) is 4.40. The smallest absolute Gasteiger partial charge is 0.0618 e. The minimum absolute atomic E-state index is 0.562. The highest BCUT2D eigenvalue weighted by Gasteiger charge is 2.27. The zero-order valence-corrected chi connectivity index (χ0v) is 14.2. The largest absolute Gasteiger partial charge is 0.383 e. The maximum Gasteiger partial charge on any atom is 0.0618 e. The lowest BCUT2D eigenvalue weighted by molar-refractivity contribution is 0.0935. The molecule has 1 N–H and O–H groups in total. The quantitative estimate of drug-likeness (QED) is 0.798. The van der Waals surface area contributed by atoms with Crippen LogP contribution in [-0.4, -0.2) is 50.3 Å². The molecule has 0 saturated carbocycles. The van der Waals surface area contributed by atoms with E-state index in [1.807, 2.05) is 0 Å². The van der Waals surface area contributed by atoms with E-state index in [1.165, 1.54) is 30.5 Å². The minimum atomic E-state index is 0.562. The highest BCUT2D eigenvalue weighted by Crippen LogP contribution is 2.20. The van der Waals surface area contributed by atoms with Crippen molar-refractivity contribution in [3.63, 3.8) is 0 Å². The second kappa shape index (κ2) is 9.09. The van der Waals surface area contributed by atoms with Gasteiger partial charge in [-0.3, -0.25) is 4.90 Å². The molecule has 1 heterocycles. The van der Waals surface area contributed by atoms with Gasteiger partial charge in [0.05, 0.1) is 6.61 Å². The van der Waals surface area contributed by atoms with E-state index in [0.29, 0.717) is 12.1 Å². The molecule has 22 heavy (non-hydrogen) atoms. The Kier molecular flexibility index (Phi) is 7.10. The summed E-state index contributed by atoms with van der Waals surface area (Å²) in [5.41, 5.74) is 2.64. The van der Waals surface area contributed by atoms with E-state index in [9.17, 15) is 0 Å². The van der Waals surface area contributed by atoms with Gasteiger partial charge in [0.25, 0.3) is 0 Å². The Morgan fingerprint density at radius 2 is 2.18 bits per heavy atom. The van der Waals surface area contributed by atoms with E-state index in [0.717, 1.165) is 19.7 Å². The summed E-state index contributed by atoms with van der Waals surface area (Å²) in [6, 6.07) is 11.7. The molecule has 1 aromatic carbocycles. The number of hydrogen-bond acceptors (Lipinski definition) is 3. The van der Waals surface area contributed by atoms with Gasteiger partial charge >= 0.3 is 0 Å². The van der Waals surface area contributed by atoms with Gasteiger partial charge in [0, 0.05) is 32.3 Å². The first-order chi connectivity index (χ1) is 10.7. The second-order valence-corrected chi connectivity index (χ2v) is 6.37. The summed E-state index contributed by atoms with van der Waals surface area (Å²) >= 11 is 0. The molecule has 1 unspecified atom stereocenters. The van der Waals surface area contributed by atoms with Crippen molar-refractivity contribution in [2.75, 3.05) is 33.4 Å². The van der Waals surface area contributed by atoms with Gasteiger partial charge in [-0.05, 0) is 38.8 Å². The van der Waals surface area contributed by atoms with Gasteiger partial charge in [0.15, 0.2) is 0 Å². The predicted molar refractivity (Wildman–Crippen MR) is 94.0 cm³/mol. The van der Waals surface area contributed by atoms with E-state index in [2.05, 4.69) is 60.5 Å². The van der Waals surface area contributed by atoms with Crippen LogP contribution >= 0.6 is 0 Å². The zero-order chi connectivity index (χ0) is 15.8. The summed E-state index contributed by atoms with van der Waals surface area (Å²) in [6.07, 6.45) is 4.82. The number of hydrogen-bond donors (Lipinski definition) is 1. The molecule has 1 fully saturated rings. The number of methoxy groups -OCH3 is 1. The minimum Gasteiger partial charge on any atom is -0.383 e. The number of rotatable bonds is 8. The van der Waals surface area contributed by atoms with Crippen molar-refractivity contribution in [2.24, 2.45) is 0 Å². The van der Waals surface area contributed by atoms with E-state index in [-0.39, 0.29) is 0 Å². The molecule has 0 bridgehead atoms. The van der Waals surface area contributed by atoms with E-state index >= 15 is 0 Å². The van der Waals surface area contributed by atoms with Gasteiger partial charge in [-0.25, -0.2) is 0 Å². The van der Waals surface area contributed by atoms with Crippen molar-refractivity contribution in [3.8, 4) is 0 Å². The lowest BCUT2D eigenvalue weighted by atomic mass is 10.1. The van der Waals surface area contributed by atoms with Gasteiger partial charge in [0.2, 0.25) is 0 Å². The lowest BCUT2D eigenvalue weighted by Crippen LogP contribution is -2.44. The molecule has 0 aliphatic carbocycles. The average molecular weight is 302 g/mol. The molecule has 1 saturated heterocycles. The summed E-state index contributed by atoms with van der Waals surface area (Å²) in [5, 5.41) is 3.59. The molecule has 0 radical (unpaired) electrons. The molecular formula is C19H30N2O. The topological polar surface area (TPSA) is 24.5 Å². The number of likely N-dealkylation sites (tertiary alicyclic amines) is 1. The summed E-state index contributed by atoms with van der Waals surface area (Å²) in [4.78, 5) is 2.59. The Balaban J connectivity index is 1.74. The molecule has 1 aliphatic heterocycles. The third kappa shape index (κ3) is 5.24. The Hall–Kier alpha value is -1.16. The molecule has 122 valence electrons. The van der Waals surface area contributed by atoms with Crippen LogP contribution in [0.3, 0.4) is 0 Å². The van der Waals surface area contributed by atoms with Crippen LogP contribution in [0.25, 0.3) is 6.08 Å². The van der Waals surface area contributed by atoms with Crippen molar-refractivity contribution in [3.05, 3.63) is 41.5 Å². The van der Waals surface area contributed by atoms with Crippen LogP contribution in [0.5, 0.6) is 0 Å². The van der Waals surface area contributed by atoms with Gasteiger partial charge in [-0.2, -0.15) is 0 Å². The van der Waals surface area contributed by atoms with E-state index in [1.54, 1.807) is 7.11 Å². The summed E-state index contributed by atoms with van der Waals surface area (Å²) in [5.74, 6) is 0. The maximum atomic E-state index is 5.34. The fourth-order valence-corrected chi connectivity index (χ4v) is 3.29. The van der Waals surface area contributed by atoms with Crippen molar-refractivity contribution >= 4 is 6.08 Å². The van der Waals surface area contributed by atoms with E-state index in [4.69, 9.17) is 4.74 Å². The molecule has 0 spiro atoms. The standard InChI is InChI=1S/C19H30N2O/c1-16(12-18-8-5-4-6-9-18)13-20-14-17(2)21-11-7-10-19(21)15-22-3/h4-6,8-9,12,17,19-20H,7,10-11,13-15H2,1-3H3/t17?,19-/m1/s1. The fourth-order valence-electron chi connectivity index (χ4n) is 3.29. The van der Waals surface area contributed by atoms with Gasteiger partial charge < -0.3 is 10.1 Å². The van der Waals surface area contributed by atoms with Crippen LogP contribution in [-0.2, 0) is 4.74 Å². The third-order valence-corrected chi connectivity index (χ3v) is 4.40. The second-order valence-electron chi connectivity index (χ2n) is 6.37. The summed E-state index contributed by atoms with van der Waals surface area (Å²) < 4.78 is 5.34. The number of nitrogens with zero attached hydrogens (tertiary/aromatic N) is 1. The van der Waals surface area contributed by atoms with Crippen LogP contribution < -0.4 is 5.32 Å². The Bertz CT molecular complexity index is 458. The first kappa shape index (κ1) is 17.2.